The van der Waals surface area contributed by atoms with Gasteiger partial charge in [-0.1, -0.05) is 20.3 Å². The van der Waals surface area contributed by atoms with E-state index in [0.29, 0.717) is 6.42 Å². The van der Waals surface area contributed by atoms with Gasteiger partial charge in [0.25, 0.3) is 0 Å². The zero-order chi connectivity index (χ0) is 24.3. The Morgan fingerprint density at radius 1 is 0.903 bits per heavy atom. The van der Waals surface area contributed by atoms with Gasteiger partial charge >= 0.3 is 11.9 Å². The molecule has 0 aliphatic heterocycles. The molecule has 0 spiro atoms. The third kappa shape index (κ3) is 10.4. The summed E-state index contributed by atoms with van der Waals surface area (Å²) in [6, 6.07) is -5.14. The molecule has 0 bridgehead atoms. The largest absolute Gasteiger partial charge is 0.481 e. The maximum Gasteiger partial charge on any atom is 0.326 e. The molecule has 13 nitrogen and oxygen atoms in total. The molecule has 31 heavy (non-hydrogen) atoms. The average molecular weight is 445 g/mol. The Bertz CT molecular complexity index is 698. The minimum atomic E-state index is -1.55. The second-order valence-corrected chi connectivity index (χ2v) is 7.21. The molecule has 0 aromatic carbocycles. The van der Waals surface area contributed by atoms with Gasteiger partial charge in [0.15, 0.2) is 0 Å². The van der Waals surface area contributed by atoms with Crippen molar-refractivity contribution in [2.45, 2.75) is 70.6 Å². The molecule has 0 aliphatic rings. The van der Waals surface area contributed by atoms with Crippen molar-refractivity contribution < 1.29 is 39.0 Å². The Labute approximate surface area is 179 Å². The lowest BCUT2D eigenvalue weighted by molar-refractivity contribution is -0.144. The first-order valence-corrected chi connectivity index (χ1v) is 9.69. The molecule has 5 atom stereocenters. The molecule has 0 saturated heterocycles. The first kappa shape index (κ1) is 27.8. The van der Waals surface area contributed by atoms with Crippen LogP contribution < -0.4 is 27.4 Å². The van der Waals surface area contributed by atoms with E-state index in [4.69, 9.17) is 16.6 Å². The normalized spacial score (nSPS) is 15.5. The Morgan fingerprint density at radius 3 is 1.94 bits per heavy atom. The molecule has 9 N–H and O–H groups in total. The number of carboxylic acid groups (broad SMARTS) is 2. The van der Waals surface area contributed by atoms with E-state index in [0.717, 1.165) is 0 Å². The number of nitrogens with one attached hydrogen (secondary N) is 3. The molecular formula is C18H31N5O8. The highest BCUT2D eigenvalue weighted by Gasteiger charge is 2.31. The van der Waals surface area contributed by atoms with E-state index >= 15 is 0 Å². The number of carbonyl (C=O) groups is 6. The maximum atomic E-state index is 12.4. The summed E-state index contributed by atoms with van der Waals surface area (Å²) in [4.78, 5) is 70.0. The minimum Gasteiger partial charge on any atom is -0.481 e. The van der Waals surface area contributed by atoms with Gasteiger partial charge in [-0.15, -0.1) is 0 Å². The van der Waals surface area contributed by atoms with Gasteiger partial charge in [-0.2, -0.15) is 0 Å². The SMILES string of the molecule is CCC(C)C(NC(=O)C(C)NC(=O)C(CC(=O)O)NC(=O)C(N)CCC(N)=O)C(=O)O. The zero-order valence-corrected chi connectivity index (χ0v) is 17.7. The van der Waals surface area contributed by atoms with Gasteiger partial charge in [0, 0.05) is 6.42 Å². The van der Waals surface area contributed by atoms with Crippen LogP contribution in [0.15, 0.2) is 0 Å². The Kier molecular flexibility index (Phi) is 11.8. The summed E-state index contributed by atoms with van der Waals surface area (Å²) in [6.07, 6.45) is -0.587. The van der Waals surface area contributed by atoms with Crippen molar-refractivity contribution in [3.05, 3.63) is 0 Å². The fourth-order valence-electron chi connectivity index (χ4n) is 2.43. The molecule has 0 aromatic rings. The lowest BCUT2D eigenvalue weighted by atomic mass is 9.99. The van der Waals surface area contributed by atoms with Crippen LogP contribution in [0, 0.1) is 5.92 Å². The highest BCUT2D eigenvalue weighted by Crippen LogP contribution is 2.08. The average Bonchev–Trinajstić information content (AvgIpc) is 2.67. The van der Waals surface area contributed by atoms with Gasteiger partial charge in [-0.3, -0.25) is 24.0 Å². The topological polar surface area (TPSA) is 231 Å². The van der Waals surface area contributed by atoms with Crippen LogP contribution in [0.25, 0.3) is 0 Å². The Hall–Kier alpha value is -3.22. The summed E-state index contributed by atoms with van der Waals surface area (Å²) < 4.78 is 0. The molecule has 0 rings (SSSR count). The van der Waals surface area contributed by atoms with Crippen LogP contribution in [0.4, 0.5) is 0 Å². The molecule has 0 radical (unpaired) electrons. The fraction of sp³-hybridized carbons (Fsp3) is 0.667. The first-order valence-electron chi connectivity index (χ1n) is 9.69. The van der Waals surface area contributed by atoms with E-state index in [2.05, 4.69) is 16.0 Å². The molecule has 0 aromatic heterocycles. The van der Waals surface area contributed by atoms with Crippen LogP contribution in [0.3, 0.4) is 0 Å². The third-order valence-electron chi connectivity index (χ3n) is 4.58. The van der Waals surface area contributed by atoms with Crippen molar-refractivity contribution in [3.8, 4) is 0 Å². The van der Waals surface area contributed by atoms with E-state index in [1.54, 1.807) is 13.8 Å². The highest BCUT2D eigenvalue weighted by molar-refractivity contribution is 5.95. The van der Waals surface area contributed by atoms with E-state index in [9.17, 15) is 33.9 Å². The minimum absolute atomic E-state index is 0.104. The van der Waals surface area contributed by atoms with Crippen molar-refractivity contribution in [2.75, 3.05) is 0 Å². The molecule has 13 heteroatoms. The van der Waals surface area contributed by atoms with Crippen LogP contribution in [0.1, 0.15) is 46.5 Å². The number of nitrogens with two attached hydrogens (primary N) is 2. The maximum absolute atomic E-state index is 12.4. The number of carboxylic acids is 2. The number of rotatable bonds is 14. The van der Waals surface area contributed by atoms with Crippen LogP contribution in [-0.4, -0.2) is 69.9 Å². The van der Waals surface area contributed by atoms with Crippen molar-refractivity contribution in [1.29, 1.82) is 0 Å². The van der Waals surface area contributed by atoms with Crippen LogP contribution in [0.5, 0.6) is 0 Å². The predicted molar refractivity (Wildman–Crippen MR) is 107 cm³/mol. The summed E-state index contributed by atoms with van der Waals surface area (Å²) >= 11 is 0. The van der Waals surface area contributed by atoms with Crippen molar-refractivity contribution in [2.24, 2.45) is 17.4 Å². The summed E-state index contributed by atoms with van der Waals surface area (Å²) in [7, 11) is 0. The van der Waals surface area contributed by atoms with E-state index < -0.39 is 66.2 Å². The molecule has 0 aliphatic carbocycles. The second-order valence-electron chi connectivity index (χ2n) is 7.21. The highest BCUT2D eigenvalue weighted by atomic mass is 16.4. The summed E-state index contributed by atoms with van der Waals surface area (Å²) in [5.41, 5.74) is 10.6. The zero-order valence-electron chi connectivity index (χ0n) is 17.7. The van der Waals surface area contributed by atoms with Gasteiger partial charge in [0.1, 0.15) is 18.1 Å². The lowest BCUT2D eigenvalue weighted by Gasteiger charge is -2.24. The molecule has 4 amide bonds. The molecule has 0 fully saturated rings. The van der Waals surface area contributed by atoms with Crippen molar-refractivity contribution in [3.63, 3.8) is 0 Å². The first-order chi connectivity index (χ1) is 14.3. The molecule has 5 unspecified atom stereocenters. The Morgan fingerprint density at radius 2 is 1.48 bits per heavy atom. The van der Waals surface area contributed by atoms with E-state index in [1.807, 2.05) is 0 Å². The van der Waals surface area contributed by atoms with Crippen molar-refractivity contribution >= 4 is 35.6 Å². The van der Waals surface area contributed by atoms with Crippen molar-refractivity contribution in [1.82, 2.24) is 16.0 Å². The number of aliphatic carboxylic acids is 2. The predicted octanol–water partition coefficient (Wildman–Crippen LogP) is -2.34. The van der Waals surface area contributed by atoms with Crippen LogP contribution in [-0.2, 0) is 28.8 Å². The summed E-state index contributed by atoms with van der Waals surface area (Å²) in [6.45, 7) is 4.68. The van der Waals surface area contributed by atoms with Gasteiger partial charge in [0.2, 0.25) is 23.6 Å². The number of hydrogen-bond donors (Lipinski definition) is 7. The second kappa shape index (κ2) is 13.2. The quantitative estimate of drug-likeness (QED) is 0.151. The van der Waals surface area contributed by atoms with Crippen LogP contribution in [0.2, 0.25) is 0 Å². The third-order valence-corrected chi connectivity index (χ3v) is 4.58. The van der Waals surface area contributed by atoms with Crippen LogP contribution >= 0.6 is 0 Å². The van der Waals surface area contributed by atoms with E-state index in [1.165, 1.54) is 6.92 Å². The number of primary amides is 1. The van der Waals surface area contributed by atoms with Gasteiger partial charge < -0.3 is 37.6 Å². The molecular weight excluding hydrogens is 414 g/mol. The van der Waals surface area contributed by atoms with Gasteiger partial charge in [0.05, 0.1) is 12.5 Å². The summed E-state index contributed by atoms with van der Waals surface area (Å²) in [5, 5.41) is 25.0. The summed E-state index contributed by atoms with van der Waals surface area (Å²) in [5.74, 6) is -6.32. The molecule has 0 saturated carbocycles. The fourth-order valence-corrected chi connectivity index (χ4v) is 2.43. The van der Waals surface area contributed by atoms with Gasteiger partial charge in [-0.25, -0.2) is 4.79 Å². The van der Waals surface area contributed by atoms with E-state index in [-0.39, 0.29) is 18.8 Å². The lowest BCUT2D eigenvalue weighted by Crippen LogP contribution is -2.57. The number of carbonyl (C=O) groups excluding carboxylic acids is 4. The number of amides is 4. The number of hydrogen-bond acceptors (Lipinski definition) is 7. The molecule has 176 valence electrons. The standard InChI is InChI=1S/C18H31N5O8/c1-4-8(2)14(18(30)31)23-15(27)9(3)21-17(29)11(7-13(25)26)22-16(28)10(19)5-6-12(20)24/h8-11,14H,4-7,19H2,1-3H3,(H2,20,24)(H,21,29)(H,22,28)(H,23,27)(H,25,26)(H,30,31). The molecule has 0 heterocycles. The monoisotopic (exact) mass is 445 g/mol. The Balaban J connectivity index is 5.11. The smallest absolute Gasteiger partial charge is 0.326 e. The van der Waals surface area contributed by atoms with Gasteiger partial charge in [-0.05, 0) is 19.3 Å².